The van der Waals surface area contributed by atoms with Crippen molar-refractivity contribution in [3.05, 3.63) is 27.2 Å². The van der Waals surface area contributed by atoms with Crippen molar-refractivity contribution in [3.8, 4) is 0 Å². The largest absolute Gasteiger partial charge is 0.397 e. The molecule has 66 valence electrons. The minimum atomic E-state index is 0.626. The molecule has 1 aromatic carbocycles. The first-order chi connectivity index (χ1) is 5.66. The van der Waals surface area contributed by atoms with E-state index in [0.717, 1.165) is 22.9 Å². The molecule has 0 unspecified atom stereocenters. The molecule has 1 nitrogen and oxygen atoms in total. The highest BCUT2D eigenvalue weighted by Gasteiger charge is 2.05. The summed E-state index contributed by atoms with van der Waals surface area (Å²) in [4.78, 5) is 0. The number of nitrogen functional groups attached to an aromatic ring is 1. The Morgan fingerprint density at radius 2 is 2.17 bits per heavy atom. The van der Waals surface area contributed by atoms with Gasteiger partial charge in [0.2, 0.25) is 0 Å². The minimum absolute atomic E-state index is 0.626. The van der Waals surface area contributed by atoms with Gasteiger partial charge in [0.15, 0.2) is 0 Å². The van der Waals surface area contributed by atoms with Crippen LogP contribution in [0.25, 0.3) is 0 Å². The summed E-state index contributed by atoms with van der Waals surface area (Å²) in [6.07, 6.45) is 2.07. The highest BCUT2D eigenvalue weighted by Crippen LogP contribution is 2.31. The van der Waals surface area contributed by atoms with Crippen molar-refractivity contribution in [2.24, 2.45) is 0 Å². The van der Waals surface area contributed by atoms with Crippen molar-refractivity contribution >= 4 is 33.2 Å². The van der Waals surface area contributed by atoms with E-state index >= 15 is 0 Å². The summed E-state index contributed by atoms with van der Waals surface area (Å²) in [5.41, 5.74) is 7.64. The third kappa shape index (κ3) is 1.93. The van der Waals surface area contributed by atoms with E-state index in [1.165, 1.54) is 0 Å². The maximum atomic E-state index is 5.95. The van der Waals surface area contributed by atoms with E-state index < -0.39 is 0 Å². The highest BCUT2D eigenvalue weighted by molar-refractivity contribution is 9.10. The molecule has 12 heavy (non-hydrogen) atoms. The van der Waals surface area contributed by atoms with Gasteiger partial charge in [-0.1, -0.05) is 31.0 Å². The van der Waals surface area contributed by atoms with Crippen LogP contribution in [0.15, 0.2) is 16.6 Å². The Balaban J connectivity index is 3.08. The highest BCUT2D eigenvalue weighted by atomic mass is 79.9. The van der Waals surface area contributed by atoms with Gasteiger partial charge in [-0.3, -0.25) is 0 Å². The molecule has 1 rings (SSSR count). The first-order valence-electron chi connectivity index (χ1n) is 3.89. The molecule has 3 heteroatoms. The topological polar surface area (TPSA) is 26.0 Å². The van der Waals surface area contributed by atoms with Gasteiger partial charge in [0, 0.05) is 4.47 Å². The lowest BCUT2D eigenvalue weighted by molar-refractivity contribution is 0.924. The SMILES string of the molecule is CCCc1ccc(Br)c(Cl)c1N. The predicted octanol–water partition coefficient (Wildman–Crippen LogP) is 3.64. The van der Waals surface area contributed by atoms with Crippen molar-refractivity contribution in [2.45, 2.75) is 19.8 Å². The fourth-order valence-electron chi connectivity index (χ4n) is 1.09. The van der Waals surface area contributed by atoms with Crippen LogP contribution in [-0.4, -0.2) is 0 Å². The number of rotatable bonds is 2. The standard InChI is InChI=1S/C9H11BrClN/c1-2-3-6-4-5-7(10)8(11)9(6)12/h4-5H,2-3,12H2,1H3. The second-order valence-electron chi connectivity index (χ2n) is 2.68. The van der Waals surface area contributed by atoms with E-state index in [1.54, 1.807) is 0 Å². The Hall–Kier alpha value is -0.210. The zero-order valence-electron chi connectivity index (χ0n) is 6.90. The fourth-order valence-corrected chi connectivity index (χ4v) is 1.62. The number of halogens is 2. The van der Waals surface area contributed by atoms with E-state index in [0.29, 0.717) is 10.7 Å². The van der Waals surface area contributed by atoms with Gasteiger partial charge in [-0.15, -0.1) is 0 Å². The third-order valence-corrected chi connectivity index (χ3v) is 3.04. The summed E-state index contributed by atoms with van der Waals surface area (Å²) in [6, 6.07) is 3.94. The van der Waals surface area contributed by atoms with Crippen LogP contribution in [0.3, 0.4) is 0 Å². The molecule has 0 aromatic heterocycles. The summed E-state index contributed by atoms with van der Waals surface area (Å²) in [7, 11) is 0. The Kier molecular flexibility index (Phi) is 3.41. The van der Waals surface area contributed by atoms with Crippen molar-refractivity contribution in [2.75, 3.05) is 5.73 Å². The summed E-state index contributed by atoms with van der Waals surface area (Å²) >= 11 is 9.27. The maximum absolute atomic E-state index is 5.95. The summed E-state index contributed by atoms with van der Waals surface area (Å²) in [6.45, 7) is 2.12. The monoisotopic (exact) mass is 247 g/mol. The van der Waals surface area contributed by atoms with Gasteiger partial charge in [0.05, 0.1) is 10.7 Å². The Morgan fingerprint density at radius 3 is 2.75 bits per heavy atom. The van der Waals surface area contributed by atoms with Crippen LogP contribution >= 0.6 is 27.5 Å². The van der Waals surface area contributed by atoms with Crippen molar-refractivity contribution in [3.63, 3.8) is 0 Å². The molecular weight excluding hydrogens is 237 g/mol. The first-order valence-corrected chi connectivity index (χ1v) is 5.06. The number of benzene rings is 1. The molecule has 0 saturated carbocycles. The van der Waals surface area contributed by atoms with Gasteiger partial charge in [-0.25, -0.2) is 0 Å². The van der Waals surface area contributed by atoms with Crippen LogP contribution < -0.4 is 5.73 Å². The molecule has 0 aliphatic carbocycles. The van der Waals surface area contributed by atoms with Crippen LogP contribution in [0.2, 0.25) is 5.02 Å². The Labute approximate surface area is 86.0 Å². The first kappa shape index (κ1) is 9.87. The van der Waals surface area contributed by atoms with Crippen molar-refractivity contribution < 1.29 is 0 Å². The number of hydrogen-bond acceptors (Lipinski definition) is 1. The van der Waals surface area contributed by atoms with Gasteiger partial charge < -0.3 is 5.73 Å². The Bertz CT molecular complexity index is 286. The van der Waals surface area contributed by atoms with Gasteiger partial charge in [-0.2, -0.15) is 0 Å². The molecule has 0 aliphatic heterocycles. The Morgan fingerprint density at radius 1 is 1.50 bits per heavy atom. The van der Waals surface area contributed by atoms with Gasteiger partial charge in [0.1, 0.15) is 0 Å². The molecule has 0 radical (unpaired) electrons. The molecule has 0 aliphatic rings. The zero-order valence-corrected chi connectivity index (χ0v) is 9.24. The smallest absolute Gasteiger partial charge is 0.0780 e. The summed E-state index contributed by atoms with van der Waals surface area (Å²) in [5.74, 6) is 0. The zero-order chi connectivity index (χ0) is 9.14. The second kappa shape index (κ2) is 4.15. The van der Waals surface area contributed by atoms with E-state index in [9.17, 15) is 0 Å². The molecule has 0 heterocycles. The molecule has 0 saturated heterocycles. The third-order valence-electron chi connectivity index (χ3n) is 1.74. The van der Waals surface area contributed by atoms with Crippen LogP contribution in [0.5, 0.6) is 0 Å². The lowest BCUT2D eigenvalue weighted by Gasteiger charge is -2.06. The average molecular weight is 249 g/mol. The molecule has 0 bridgehead atoms. The van der Waals surface area contributed by atoms with Crippen LogP contribution in [0, 0.1) is 0 Å². The summed E-state index contributed by atoms with van der Waals surface area (Å²) < 4.78 is 0.863. The van der Waals surface area contributed by atoms with Crippen LogP contribution in [-0.2, 0) is 6.42 Å². The maximum Gasteiger partial charge on any atom is 0.0780 e. The molecule has 2 N–H and O–H groups in total. The summed E-state index contributed by atoms with van der Waals surface area (Å²) in [5, 5.41) is 0.626. The van der Waals surface area contributed by atoms with Crippen molar-refractivity contribution in [1.82, 2.24) is 0 Å². The fraction of sp³-hybridized carbons (Fsp3) is 0.333. The number of nitrogens with two attached hydrogens (primary N) is 1. The van der Waals surface area contributed by atoms with Gasteiger partial charge in [-0.05, 0) is 34.0 Å². The second-order valence-corrected chi connectivity index (χ2v) is 3.92. The minimum Gasteiger partial charge on any atom is -0.397 e. The van der Waals surface area contributed by atoms with E-state index in [-0.39, 0.29) is 0 Å². The molecule has 1 aromatic rings. The van der Waals surface area contributed by atoms with Gasteiger partial charge in [0.25, 0.3) is 0 Å². The van der Waals surface area contributed by atoms with Crippen LogP contribution in [0.4, 0.5) is 5.69 Å². The predicted molar refractivity (Wildman–Crippen MR) is 57.6 cm³/mol. The average Bonchev–Trinajstić information content (AvgIpc) is 2.07. The quantitative estimate of drug-likeness (QED) is 0.795. The lowest BCUT2D eigenvalue weighted by Crippen LogP contribution is -1.95. The normalized spacial score (nSPS) is 10.2. The number of aryl methyl sites for hydroxylation is 1. The lowest BCUT2D eigenvalue weighted by atomic mass is 10.1. The molecule has 0 amide bonds. The van der Waals surface area contributed by atoms with Gasteiger partial charge >= 0.3 is 0 Å². The molecule has 0 fully saturated rings. The molecular formula is C9H11BrClN. The van der Waals surface area contributed by atoms with E-state index in [2.05, 4.69) is 22.9 Å². The van der Waals surface area contributed by atoms with Crippen molar-refractivity contribution in [1.29, 1.82) is 0 Å². The van der Waals surface area contributed by atoms with Crippen LogP contribution in [0.1, 0.15) is 18.9 Å². The molecule has 0 atom stereocenters. The number of anilines is 1. The number of hydrogen-bond donors (Lipinski definition) is 1. The van der Waals surface area contributed by atoms with E-state index in [4.69, 9.17) is 17.3 Å². The van der Waals surface area contributed by atoms with E-state index in [1.807, 2.05) is 12.1 Å². The molecule has 0 spiro atoms.